The van der Waals surface area contributed by atoms with Gasteiger partial charge in [0.2, 0.25) is 0 Å². The fraction of sp³-hybridized carbons (Fsp3) is 0.273. The number of allylic oxidation sites excluding steroid dienone is 1. The molecule has 0 radical (unpaired) electrons. The molecule has 1 fully saturated rings. The highest BCUT2D eigenvalue weighted by atomic mass is 32.2. The molecule has 1 aromatic carbocycles. The summed E-state index contributed by atoms with van der Waals surface area (Å²) < 4.78 is 5.10. The number of thioether (sulfide) groups is 1. The van der Waals surface area contributed by atoms with Crippen LogP contribution in [0.15, 0.2) is 35.7 Å². The molecule has 1 unspecified atom stereocenters. The molecule has 0 saturated carbocycles. The highest BCUT2D eigenvalue weighted by molar-refractivity contribution is 8.04. The zero-order chi connectivity index (χ0) is 9.26. The molecule has 1 saturated heterocycles. The van der Waals surface area contributed by atoms with Crippen molar-refractivity contribution in [3.05, 3.63) is 41.3 Å². The summed E-state index contributed by atoms with van der Waals surface area (Å²) in [5.41, 5.74) is 1.37. The normalized spacial score (nSPS) is 21.0. The predicted molar refractivity (Wildman–Crippen MR) is 57.1 cm³/mol. The molecule has 13 heavy (non-hydrogen) atoms. The first-order valence-corrected chi connectivity index (χ1v) is 5.16. The highest BCUT2D eigenvalue weighted by Gasteiger charge is 2.23. The van der Waals surface area contributed by atoms with Crippen molar-refractivity contribution < 1.29 is 4.74 Å². The quantitative estimate of drug-likeness (QED) is 0.710. The van der Waals surface area contributed by atoms with Gasteiger partial charge in [0.25, 0.3) is 0 Å². The number of methoxy groups -OCH3 is 1. The second kappa shape index (κ2) is 3.46. The van der Waals surface area contributed by atoms with Crippen LogP contribution < -0.4 is 4.74 Å². The third-order valence-electron chi connectivity index (χ3n) is 2.21. The van der Waals surface area contributed by atoms with Gasteiger partial charge in [-0.05, 0) is 29.0 Å². The molecule has 1 heterocycles. The third kappa shape index (κ3) is 1.73. The number of rotatable bonds is 2. The molecule has 0 aromatic heterocycles. The minimum atomic E-state index is 0.624. The average molecular weight is 192 g/mol. The van der Waals surface area contributed by atoms with Crippen LogP contribution in [-0.2, 0) is 0 Å². The van der Waals surface area contributed by atoms with E-state index in [9.17, 15) is 0 Å². The van der Waals surface area contributed by atoms with Crippen LogP contribution in [0.25, 0.3) is 0 Å². The van der Waals surface area contributed by atoms with Gasteiger partial charge >= 0.3 is 0 Å². The maximum Gasteiger partial charge on any atom is 0.118 e. The minimum Gasteiger partial charge on any atom is -0.497 e. The van der Waals surface area contributed by atoms with Crippen LogP contribution in [0.5, 0.6) is 5.75 Å². The van der Waals surface area contributed by atoms with Crippen molar-refractivity contribution in [2.45, 2.75) is 11.7 Å². The van der Waals surface area contributed by atoms with Gasteiger partial charge in [-0.15, -0.1) is 11.8 Å². The lowest BCUT2D eigenvalue weighted by Gasteiger charge is -2.27. The first-order chi connectivity index (χ1) is 6.29. The van der Waals surface area contributed by atoms with E-state index in [-0.39, 0.29) is 0 Å². The molecule has 1 aliphatic rings. The Labute approximate surface area is 82.8 Å². The van der Waals surface area contributed by atoms with Crippen LogP contribution in [0, 0.1) is 0 Å². The van der Waals surface area contributed by atoms with E-state index < -0.39 is 0 Å². The lowest BCUT2D eigenvalue weighted by Crippen LogP contribution is -2.04. The maximum absolute atomic E-state index is 5.10. The van der Waals surface area contributed by atoms with E-state index in [0.717, 1.165) is 12.2 Å². The molecule has 2 rings (SSSR count). The van der Waals surface area contributed by atoms with Gasteiger partial charge in [0.05, 0.1) is 7.11 Å². The van der Waals surface area contributed by atoms with E-state index in [4.69, 9.17) is 4.74 Å². The summed E-state index contributed by atoms with van der Waals surface area (Å²) in [6.07, 6.45) is 1.12. The highest BCUT2D eigenvalue weighted by Crippen LogP contribution is 2.50. The zero-order valence-electron chi connectivity index (χ0n) is 7.62. The molecular formula is C11H12OS. The molecule has 0 spiro atoms. The first-order valence-electron chi connectivity index (χ1n) is 4.28. The summed E-state index contributed by atoms with van der Waals surface area (Å²) in [6, 6.07) is 8.28. The Bertz CT molecular complexity index is 307. The van der Waals surface area contributed by atoms with Crippen LogP contribution in [0.1, 0.15) is 17.2 Å². The summed E-state index contributed by atoms with van der Waals surface area (Å²) in [7, 11) is 1.69. The zero-order valence-corrected chi connectivity index (χ0v) is 8.43. The van der Waals surface area contributed by atoms with E-state index in [2.05, 4.69) is 18.7 Å². The van der Waals surface area contributed by atoms with Gasteiger partial charge in [-0.1, -0.05) is 18.7 Å². The summed E-state index contributed by atoms with van der Waals surface area (Å²) >= 11 is 1.86. The first kappa shape index (κ1) is 8.70. The second-order valence-corrected chi connectivity index (χ2v) is 4.50. The average Bonchev–Trinajstić information content (AvgIpc) is 2.13. The molecule has 1 aromatic rings. The van der Waals surface area contributed by atoms with Gasteiger partial charge in [0, 0.05) is 5.25 Å². The van der Waals surface area contributed by atoms with Crippen LogP contribution >= 0.6 is 11.8 Å². The van der Waals surface area contributed by atoms with Gasteiger partial charge in [-0.2, -0.15) is 0 Å². The Morgan fingerprint density at radius 1 is 1.38 bits per heavy atom. The molecule has 1 nitrogen and oxygen atoms in total. The number of benzene rings is 1. The van der Waals surface area contributed by atoms with E-state index in [1.165, 1.54) is 10.5 Å². The molecule has 68 valence electrons. The third-order valence-corrected chi connectivity index (χ3v) is 3.43. The molecule has 1 atom stereocenters. The van der Waals surface area contributed by atoms with Crippen molar-refractivity contribution in [1.29, 1.82) is 0 Å². The molecule has 0 bridgehead atoms. The summed E-state index contributed by atoms with van der Waals surface area (Å²) in [6.45, 7) is 3.91. The van der Waals surface area contributed by atoms with Crippen LogP contribution in [0.2, 0.25) is 0 Å². The molecule has 0 N–H and O–H groups in total. The predicted octanol–water partition coefficient (Wildman–Crippen LogP) is 3.39. The van der Waals surface area contributed by atoms with Crippen LogP contribution in [0.3, 0.4) is 0 Å². The fourth-order valence-corrected chi connectivity index (χ4v) is 2.35. The topological polar surface area (TPSA) is 9.23 Å². The second-order valence-electron chi connectivity index (χ2n) is 3.12. The SMILES string of the molecule is C=C1CC(c2ccc(OC)cc2)S1. The van der Waals surface area contributed by atoms with Crippen molar-refractivity contribution in [1.82, 2.24) is 0 Å². The van der Waals surface area contributed by atoms with E-state index in [1.807, 2.05) is 23.9 Å². The Balaban J connectivity index is 2.10. The summed E-state index contributed by atoms with van der Waals surface area (Å²) in [4.78, 5) is 1.29. The summed E-state index contributed by atoms with van der Waals surface area (Å²) in [5, 5.41) is 0.624. The Kier molecular flexibility index (Phi) is 2.32. The smallest absolute Gasteiger partial charge is 0.118 e. The molecule has 0 amide bonds. The standard InChI is InChI=1S/C11H12OS/c1-8-7-11(13-8)9-3-5-10(12-2)6-4-9/h3-6,11H,1,7H2,2H3. The van der Waals surface area contributed by atoms with Crippen molar-refractivity contribution >= 4 is 11.8 Å². The van der Waals surface area contributed by atoms with Gasteiger partial charge in [0.15, 0.2) is 0 Å². The van der Waals surface area contributed by atoms with Gasteiger partial charge < -0.3 is 4.74 Å². The summed E-state index contributed by atoms with van der Waals surface area (Å²) in [5.74, 6) is 0.923. The van der Waals surface area contributed by atoms with Crippen molar-refractivity contribution in [2.75, 3.05) is 7.11 Å². The van der Waals surface area contributed by atoms with Crippen LogP contribution in [0.4, 0.5) is 0 Å². The van der Waals surface area contributed by atoms with Gasteiger partial charge in [0.1, 0.15) is 5.75 Å². The molecule has 0 aliphatic carbocycles. The van der Waals surface area contributed by atoms with E-state index >= 15 is 0 Å². The number of hydrogen-bond donors (Lipinski definition) is 0. The fourth-order valence-electron chi connectivity index (χ4n) is 1.40. The Hall–Kier alpha value is -0.890. The maximum atomic E-state index is 5.10. The van der Waals surface area contributed by atoms with Crippen molar-refractivity contribution in [3.63, 3.8) is 0 Å². The minimum absolute atomic E-state index is 0.624. The van der Waals surface area contributed by atoms with Gasteiger partial charge in [-0.3, -0.25) is 0 Å². The Morgan fingerprint density at radius 2 is 2.00 bits per heavy atom. The number of ether oxygens (including phenoxy) is 1. The molecule has 2 heteroatoms. The van der Waals surface area contributed by atoms with E-state index in [0.29, 0.717) is 5.25 Å². The molecular weight excluding hydrogens is 180 g/mol. The monoisotopic (exact) mass is 192 g/mol. The van der Waals surface area contributed by atoms with Crippen molar-refractivity contribution in [3.8, 4) is 5.75 Å². The lowest BCUT2D eigenvalue weighted by atomic mass is 10.1. The Morgan fingerprint density at radius 3 is 2.46 bits per heavy atom. The van der Waals surface area contributed by atoms with Crippen molar-refractivity contribution in [2.24, 2.45) is 0 Å². The molecule has 1 aliphatic heterocycles. The van der Waals surface area contributed by atoms with E-state index in [1.54, 1.807) is 7.11 Å². The lowest BCUT2D eigenvalue weighted by molar-refractivity contribution is 0.414. The number of hydrogen-bond acceptors (Lipinski definition) is 2. The van der Waals surface area contributed by atoms with Crippen LogP contribution in [-0.4, -0.2) is 7.11 Å². The van der Waals surface area contributed by atoms with Gasteiger partial charge in [-0.25, -0.2) is 0 Å². The largest absolute Gasteiger partial charge is 0.497 e.